The molecule has 3 aromatic rings. The molecule has 0 saturated carbocycles. The number of nitro benzene ring substituents is 1. The monoisotopic (exact) mass is 384 g/mol. The van der Waals surface area contributed by atoms with Gasteiger partial charge in [0.25, 0.3) is 5.69 Å². The highest BCUT2D eigenvalue weighted by Crippen LogP contribution is 2.38. The summed E-state index contributed by atoms with van der Waals surface area (Å²) in [6.07, 6.45) is 3.69. The van der Waals surface area contributed by atoms with E-state index in [1.165, 1.54) is 20.3 Å². The average Bonchev–Trinajstić information content (AvgIpc) is 2.72. The highest BCUT2D eigenvalue weighted by atomic mass is 16.6. The number of aromatic nitrogens is 1. The summed E-state index contributed by atoms with van der Waals surface area (Å²) in [4.78, 5) is 15.4. The molecule has 0 radical (unpaired) electrons. The molecule has 1 heterocycles. The van der Waals surface area contributed by atoms with Gasteiger partial charge in [-0.1, -0.05) is 0 Å². The third kappa shape index (κ3) is 3.48. The fourth-order valence-electron chi connectivity index (χ4n) is 3.12. The molecule has 0 bridgehead atoms. The van der Waals surface area contributed by atoms with Crippen LogP contribution in [-0.4, -0.2) is 38.3 Å². The minimum absolute atomic E-state index is 0.0462. The van der Waals surface area contributed by atoms with Gasteiger partial charge in [-0.25, -0.2) is 0 Å². The number of methoxy groups -OCH3 is 4. The van der Waals surface area contributed by atoms with Crippen LogP contribution >= 0.6 is 0 Å². The van der Waals surface area contributed by atoms with E-state index < -0.39 is 4.92 Å². The van der Waals surface area contributed by atoms with Gasteiger partial charge in [0, 0.05) is 29.8 Å². The Kier molecular flexibility index (Phi) is 5.49. The number of hydrogen-bond acceptors (Lipinski definition) is 7. The first-order valence-corrected chi connectivity index (χ1v) is 8.40. The van der Waals surface area contributed by atoms with Crippen molar-refractivity contribution in [3.63, 3.8) is 0 Å². The van der Waals surface area contributed by atoms with Crippen molar-refractivity contribution >= 4 is 16.5 Å². The lowest BCUT2D eigenvalue weighted by atomic mass is 9.99. The summed E-state index contributed by atoms with van der Waals surface area (Å²) >= 11 is 0. The van der Waals surface area contributed by atoms with Gasteiger partial charge in [0.2, 0.25) is 0 Å². The highest BCUT2D eigenvalue weighted by Gasteiger charge is 2.21. The van der Waals surface area contributed by atoms with Crippen LogP contribution < -0.4 is 18.9 Å². The molecule has 0 atom stereocenters. The number of pyridine rings is 1. The van der Waals surface area contributed by atoms with Crippen LogP contribution in [0, 0.1) is 10.1 Å². The van der Waals surface area contributed by atoms with Gasteiger partial charge in [-0.2, -0.15) is 0 Å². The Labute approximate surface area is 161 Å². The average molecular weight is 384 g/mol. The number of nitrogens with zero attached hydrogens (tertiary/aromatic N) is 2. The fourth-order valence-corrected chi connectivity index (χ4v) is 3.12. The lowest BCUT2D eigenvalue weighted by Gasteiger charge is -2.13. The Morgan fingerprint density at radius 1 is 0.821 bits per heavy atom. The largest absolute Gasteiger partial charge is 0.493 e. The SMILES string of the molecule is COc1cc(Cc2cncc3cc(OC)c(OC)cc23)c([N+](=O)[O-])cc1OC. The maximum absolute atomic E-state index is 11.6. The van der Waals surface area contributed by atoms with E-state index in [0.29, 0.717) is 28.6 Å². The van der Waals surface area contributed by atoms with Crippen LogP contribution in [-0.2, 0) is 6.42 Å². The molecule has 0 fully saturated rings. The molecule has 2 aromatic carbocycles. The molecule has 0 amide bonds. The van der Waals surface area contributed by atoms with Gasteiger partial charge in [0.15, 0.2) is 23.0 Å². The third-order valence-electron chi connectivity index (χ3n) is 4.51. The van der Waals surface area contributed by atoms with Gasteiger partial charge in [0.05, 0.1) is 39.4 Å². The van der Waals surface area contributed by atoms with Crippen LogP contribution in [0.2, 0.25) is 0 Å². The van der Waals surface area contributed by atoms with Crippen molar-refractivity contribution in [1.82, 2.24) is 4.98 Å². The normalized spacial score (nSPS) is 10.6. The number of ether oxygens (including phenoxy) is 4. The Bertz CT molecular complexity index is 1030. The van der Waals surface area contributed by atoms with E-state index in [1.807, 2.05) is 12.1 Å². The second-order valence-corrected chi connectivity index (χ2v) is 6.00. The molecule has 0 unspecified atom stereocenters. The predicted octanol–water partition coefficient (Wildman–Crippen LogP) is 3.77. The van der Waals surface area contributed by atoms with Crippen molar-refractivity contribution in [1.29, 1.82) is 0 Å². The molecule has 0 spiro atoms. The molecule has 146 valence electrons. The number of fused-ring (bicyclic) bond motifs is 1. The lowest BCUT2D eigenvalue weighted by Crippen LogP contribution is -2.01. The Balaban J connectivity index is 2.16. The minimum Gasteiger partial charge on any atom is -0.493 e. The van der Waals surface area contributed by atoms with E-state index in [2.05, 4.69) is 4.98 Å². The van der Waals surface area contributed by atoms with Gasteiger partial charge in [-0.05, 0) is 29.1 Å². The third-order valence-corrected chi connectivity index (χ3v) is 4.51. The van der Waals surface area contributed by atoms with Gasteiger partial charge < -0.3 is 18.9 Å². The molecular weight excluding hydrogens is 364 g/mol. The van der Waals surface area contributed by atoms with Crippen LogP contribution in [0.1, 0.15) is 11.1 Å². The van der Waals surface area contributed by atoms with Crippen LogP contribution in [0.15, 0.2) is 36.7 Å². The molecule has 0 aliphatic heterocycles. The van der Waals surface area contributed by atoms with E-state index in [-0.39, 0.29) is 12.1 Å². The van der Waals surface area contributed by atoms with Crippen molar-refractivity contribution in [2.24, 2.45) is 0 Å². The summed E-state index contributed by atoms with van der Waals surface area (Å²) in [7, 11) is 6.05. The molecule has 1 aromatic heterocycles. The number of benzene rings is 2. The predicted molar refractivity (Wildman–Crippen MR) is 104 cm³/mol. The van der Waals surface area contributed by atoms with E-state index in [1.54, 1.807) is 32.7 Å². The quantitative estimate of drug-likeness (QED) is 0.452. The lowest BCUT2D eigenvalue weighted by molar-refractivity contribution is -0.385. The molecule has 0 aliphatic carbocycles. The molecule has 0 saturated heterocycles. The van der Waals surface area contributed by atoms with E-state index in [9.17, 15) is 10.1 Å². The van der Waals surface area contributed by atoms with E-state index in [0.717, 1.165) is 16.3 Å². The van der Waals surface area contributed by atoms with Gasteiger partial charge in [-0.3, -0.25) is 15.1 Å². The number of hydrogen-bond donors (Lipinski definition) is 0. The molecule has 3 rings (SSSR count). The summed E-state index contributed by atoms with van der Waals surface area (Å²) in [6, 6.07) is 6.67. The second kappa shape index (κ2) is 7.99. The zero-order chi connectivity index (χ0) is 20.3. The fraction of sp³-hybridized carbons (Fsp3) is 0.250. The zero-order valence-electron chi connectivity index (χ0n) is 16.0. The van der Waals surface area contributed by atoms with Crippen molar-refractivity contribution < 1.29 is 23.9 Å². The highest BCUT2D eigenvalue weighted by molar-refractivity contribution is 5.88. The first-order chi connectivity index (χ1) is 13.5. The Hall–Kier alpha value is -3.55. The maximum Gasteiger partial charge on any atom is 0.276 e. The summed E-state index contributed by atoms with van der Waals surface area (Å²) in [5, 5.41) is 13.3. The molecule has 28 heavy (non-hydrogen) atoms. The van der Waals surface area contributed by atoms with E-state index >= 15 is 0 Å². The second-order valence-electron chi connectivity index (χ2n) is 6.00. The molecule has 0 aliphatic rings. The Morgan fingerprint density at radius 3 is 2.00 bits per heavy atom. The zero-order valence-corrected chi connectivity index (χ0v) is 16.0. The van der Waals surface area contributed by atoms with Gasteiger partial charge in [-0.15, -0.1) is 0 Å². The number of rotatable bonds is 7. The molecule has 8 heteroatoms. The first kappa shape index (κ1) is 19.2. The van der Waals surface area contributed by atoms with E-state index in [4.69, 9.17) is 18.9 Å². The topological polar surface area (TPSA) is 93.0 Å². The molecular formula is C20H20N2O6. The van der Waals surface area contributed by atoms with Gasteiger partial charge >= 0.3 is 0 Å². The first-order valence-electron chi connectivity index (χ1n) is 8.40. The summed E-state index contributed by atoms with van der Waals surface area (Å²) in [5.41, 5.74) is 1.26. The summed E-state index contributed by atoms with van der Waals surface area (Å²) < 4.78 is 21.2. The maximum atomic E-state index is 11.6. The van der Waals surface area contributed by atoms with Crippen molar-refractivity contribution in [3.8, 4) is 23.0 Å². The van der Waals surface area contributed by atoms with Crippen LogP contribution in [0.4, 0.5) is 5.69 Å². The summed E-state index contributed by atoms with van der Waals surface area (Å²) in [6.45, 7) is 0. The van der Waals surface area contributed by atoms with Crippen molar-refractivity contribution in [2.75, 3.05) is 28.4 Å². The van der Waals surface area contributed by atoms with Crippen molar-refractivity contribution in [3.05, 3.63) is 57.9 Å². The van der Waals surface area contributed by atoms with Crippen LogP contribution in [0.3, 0.4) is 0 Å². The smallest absolute Gasteiger partial charge is 0.276 e. The van der Waals surface area contributed by atoms with Crippen molar-refractivity contribution in [2.45, 2.75) is 6.42 Å². The molecule has 8 nitrogen and oxygen atoms in total. The summed E-state index contributed by atoms with van der Waals surface area (Å²) in [5.74, 6) is 1.89. The molecule has 0 N–H and O–H groups in total. The van der Waals surface area contributed by atoms with Crippen LogP contribution in [0.5, 0.6) is 23.0 Å². The van der Waals surface area contributed by atoms with Gasteiger partial charge in [0.1, 0.15) is 0 Å². The minimum atomic E-state index is -0.431. The number of nitro groups is 1. The standard InChI is InChI=1S/C20H20N2O6/c1-25-17-6-12(16(22(23)24)9-20(17)28-4)5-13-10-21-11-14-7-18(26-2)19(27-3)8-15(13)14/h6-11H,5H2,1-4H3. The van der Waals surface area contributed by atoms with Crippen LogP contribution in [0.25, 0.3) is 10.8 Å². The Morgan fingerprint density at radius 2 is 1.39 bits per heavy atom.